The van der Waals surface area contributed by atoms with Gasteiger partial charge in [-0.05, 0) is 36.6 Å². The lowest BCUT2D eigenvalue weighted by Gasteiger charge is -2.27. The van der Waals surface area contributed by atoms with E-state index in [0.717, 1.165) is 39.1 Å². The van der Waals surface area contributed by atoms with Gasteiger partial charge in [-0.15, -0.1) is 12.4 Å². The van der Waals surface area contributed by atoms with Gasteiger partial charge in [-0.1, -0.05) is 32.4 Å². The van der Waals surface area contributed by atoms with Gasteiger partial charge in [0.05, 0.1) is 10.6 Å². The molecule has 0 aliphatic carbocycles. The monoisotopic (exact) mass is 430 g/mol. The zero-order chi connectivity index (χ0) is 19.9. The van der Waals surface area contributed by atoms with Gasteiger partial charge in [0.15, 0.2) is 0 Å². The van der Waals surface area contributed by atoms with Crippen molar-refractivity contribution in [3.05, 3.63) is 28.8 Å². The maximum Gasteiger partial charge on any atom is 0.252 e. The van der Waals surface area contributed by atoms with E-state index < -0.39 is 0 Å². The Morgan fingerprint density at radius 1 is 1.21 bits per heavy atom. The average Bonchev–Trinajstić information content (AvgIpc) is 2.59. The van der Waals surface area contributed by atoms with Crippen LogP contribution in [0.15, 0.2) is 18.2 Å². The van der Waals surface area contributed by atoms with Crippen molar-refractivity contribution in [2.45, 2.75) is 33.6 Å². The molecule has 0 bridgehead atoms. The van der Waals surface area contributed by atoms with Crippen molar-refractivity contribution in [3.8, 4) is 0 Å². The molecular formula is C20H32Cl2N4O2. The van der Waals surface area contributed by atoms with Crippen molar-refractivity contribution >= 4 is 41.5 Å². The third-order valence-corrected chi connectivity index (χ3v) is 4.66. The first-order chi connectivity index (χ1) is 12.7. The molecule has 1 aromatic rings. The van der Waals surface area contributed by atoms with E-state index in [0.29, 0.717) is 29.2 Å². The summed E-state index contributed by atoms with van der Waals surface area (Å²) in [5.74, 6) is -0.292. The molecule has 2 rings (SSSR count). The minimum atomic E-state index is -0.216. The van der Waals surface area contributed by atoms with Crippen LogP contribution in [-0.4, -0.2) is 56.0 Å². The summed E-state index contributed by atoms with van der Waals surface area (Å²) in [6.07, 6.45) is 1.30. The first-order valence-corrected chi connectivity index (χ1v) is 9.93. The van der Waals surface area contributed by atoms with Crippen molar-refractivity contribution < 1.29 is 9.59 Å². The summed E-state index contributed by atoms with van der Waals surface area (Å²) >= 11 is 6.18. The van der Waals surface area contributed by atoms with E-state index in [9.17, 15) is 9.59 Å². The van der Waals surface area contributed by atoms with Crippen LogP contribution in [-0.2, 0) is 4.79 Å². The summed E-state index contributed by atoms with van der Waals surface area (Å²) < 4.78 is 0. The van der Waals surface area contributed by atoms with Crippen LogP contribution >= 0.6 is 24.0 Å². The molecular weight excluding hydrogens is 399 g/mol. The first kappa shape index (κ1) is 24.7. The van der Waals surface area contributed by atoms with Crippen molar-refractivity contribution in [1.29, 1.82) is 0 Å². The number of anilines is 1. The van der Waals surface area contributed by atoms with E-state index in [1.807, 2.05) is 20.8 Å². The molecule has 0 saturated carbocycles. The van der Waals surface area contributed by atoms with Crippen molar-refractivity contribution in [2.75, 3.05) is 44.6 Å². The Morgan fingerprint density at radius 3 is 2.54 bits per heavy atom. The largest absolute Gasteiger partial charge is 0.352 e. The second kappa shape index (κ2) is 11.6. The van der Waals surface area contributed by atoms with Crippen LogP contribution in [0.25, 0.3) is 0 Å². The number of nitrogens with one attached hydrogen (secondary N) is 3. The Balaban J connectivity index is 0.00000392. The molecule has 1 fully saturated rings. The Morgan fingerprint density at radius 2 is 1.89 bits per heavy atom. The summed E-state index contributed by atoms with van der Waals surface area (Å²) in [5.41, 5.74) is 0.869. The highest BCUT2D eigenvalue weighted by atomic mass is 35.5. The van der Waals surface area contributed by atoms with Gasteiger partial charge in [0.25, 0.3) is 5.91 Å². The number of amides is 2. The third-order valence-electron chi connectivity index (χ3n) is 4.33. The zero-order valence-corrected chi connectivity index (χ0v) is 18.5. The number of piperazine rings is 1. The topological polar surface area (TPSA) is 73.5 Å². The summed E-state index contributed by atoms with van der Waals surface area (Å²) in [6, 6.07) is 4.99. The Kier molecular flexibility index (Phi) is 10.2. The third kappa shape index (κ3) is 8.78. The van der Waals surface area contributed by atoms with Gasteiger partial charge in [0, 0.05) is 44.8 Å². The Hall–Kier alpha value is -1.34. The lowest BCUT2D eigenvalue weighted by molar-refractivity contribution is -0.117. The Labute approximate surface area is 179 Å². The van der Waals surface area contributed by atoms with E-state index in [1.54, 1.807) is 18.2 Å². The molecule has 1 saturated heterocycles. The van der Waals surface area contributed by atoms with E-state index >= 15 is 0 Å². The minimum Gasteiger partial charge on any atom is -0.352 e. The number of hydrogen-bond donors (Lipinski definition) is 3. The predicted octanol–water partition coefficient (Wildman–Crippen LogP) is 3.16. The van der Waals surface area contributed by atoms with Crippen LogP contribution in [0, 0.1) is 5.41 Å². The molecule has 28 heavy (non-hydrogen) atoms. The quantitative estimate of drug-likeness (QED) is 0.580. The molecule has 1 aliphatic rings. The maximum absolute atomic E-state index is 12.5. The van der Waals surface area contributed by atoms with Crippen LogP contribution in [0.1, 0.15) is 44.0 Å². The second-order valence-corrected chi connectivity index (χ2v) is 8.59. The minimum absolute atomic E-state index is 0. The highest BCUT2D eigenvalue weighted by Crippen LogP contribution is 2.23. The van der Waals surface area contributed by atoms with Crippen molar-refractivity contribution in [1.82, 2.24) is 15.5 Å². The fraction of sp³-hybridized carbons (Fsp3) is 0.600. The predicted molar refractivity (Wildman–Crippen MR) is 118 cm³/mol. The molecule has 0 unspecified atom stereocenters. The van der Waals surface area contributed by atoms with E-state index in [-0.39, 0.29) is 29.6 Å². The van der Waals surface area contributed by atoms with Crippen LogP contribution in [0.2, 0.25) is 5.02 Å². The number of carbonyl (C=O) groups excluding carboxylic acids is 2. The summed E-state index contributed by atoms with van der Waals surface area (Å²) in [6.45, 7) is 11.7. The SMILES string of the molecule is CC(C)(C)CC(=O)Nc1ccc(Cl)c(C(=O)NCCCN2CCNCC2)c1.Cl. The highest BCUT2D eigenvalue weighted by Gasteiger charge is 2.17. The first-order valence-electron chi connectivity index (χ1n) is 9.55. The smallest absolute Gasteiger partial charge is 0.252 e. The second-order valence-electron chi connectivity index (χ2n) is 8.18. The molecule has 0 spiro atoms. The number of halogens is 2. The molecule has 1 heterocycles. The number of carbonyl (C=O) groups is 2. The molecule has 0 radical (unpaired) electrons. The summed E-state index contributed by atoms with van der Waals surface area (Å²) in [4.78, 5) is 26.9. The fourth-order valence-corrected chi connectivity index (χ4v) is 3.20. The number of benzene rings is 1. The van der Waals surface area contributed by atoms with E-state index in [1.165, 1.54) is 0 Å². The van der Waals surface area contributed by atoms with Gasteiger partial charge < -0.3 is 20.9 Å². The molecule has 8 heteroatoms. The van der Waals surface area contributed by atoms with Gasteiger partial charge in [0.2, 0.25) is 5.91 Å². The van der Waals surface area contributed by atoms with Crippen molar-refractivity contribution in [2.24, 2.45) is 5.41 Å². The molecule has 3 N–H and O–H groups in total. The summed E-state index contributed by atoms with van der Waals surface area (Å²) in [7, 11) is 0. The molecule has 0 atom stereocenters. The van der Waals surface area contributed by atoms with Crippen molar-refractivity contribution in [3.63, 3.8) is 0 Å². The van der Waals surface area contributed by atoms with Crippen LogP contribution in [0.3, 0.4) is 0 Å². The molecule has 2 amide bonds. The lowest BCUT2D eigenvalue weighted by Crippen LogP contribution is -2.44. The average molecular weight is 431 g/mol. The normalized spacial score (nSPS) is 14.9. The highest BCUT2D eigenvalue weighted by molar-refractivity contribution is 6.34. The Bertz CT molecular complexity index is 656. The zero-order valence-electron chi connectivity index (χ0n) is 16.9. The van der Waals surface area contributed by atoms with Crippen LogP contribution in [0.4, 0.5) is 5.69 Å². The van der Waals surface area contributed by atoms with Gasteiger partial charge >= 0.3 is 0 Å². The van der Waals surface area contributed by atoms with Crippen LogP contribution < -0.4 is 16.0 Å². The number of hydrogen-bond acceptors (Lipinski definition) is 4. The van der Waals surface area contributed by atoms with Gasteiger partial charge in [-0.3, -0.25) is 9.59 Å². The number of rotatable bonds is 7. The number of nitrogens with zero attached hydrogens (tertiary/aromatic N) is 1. The molecule has 0 aromatic heterocycles. The van der Waals surface area contributed by atoms with Gasteiger partial charge in [0.1, 0.15) is 0 Å². The molecule has 6 nitrogen and oxygen atoms in total. The fourth-order valence-electron chi connectivity index (χ4n) is 3.00. The van der Waals surface area contributed by atoms with E-state index in [4.69, 9.17) is 11.6 Å². The van der Waals surface area contributed by atoms with E-state index in [2.05, 4.69) is 20.9 Å². The van der Waals surface area contributed by atoms with Crippen LogP contribution in [0.5, 0.6) is 0 Å². The lowest BCUT2D eigenvalue weighted by atomic mass is 9.92. The van der Waals surface area contributed by atoms with Gasteiger partial charge in [-0.25, -0.2) is 0 Å². The molecule has 1 aromatic carbocycles. The summed E-state index contributed by atoms with van der Waals surface area (Å²) in [5, 5.41) is 9.47. The molecule has 158 valence electrons. The molecule has 1 aliphatic heterocycles. The van der Waals surface area contributed by atoms with Gasteiger partial charge in [-0.2, -0.15) is 0 Å². The standard InChI is InChI=1S/C20H31ClN4O2.ClH/c1-20(2,3)14-18(26)24-15-5-6-17(21)16(13-15)19(27)23-7-4-10-25-11-8-22-9-12-25;/h5-6,13,22H,4,7-12,14H2,1-3H3,(H,23,27)(H,24,26);1H. The maximum atomic E-state index is 12.5.